The number of nitrogens with zero attached hydrogens (tertiary/aromatic N) is 1. The van der Waals surface area contributed by atoms with Crippen LogP contribution in [0.25, 0.3) is 10.1 Å². The van der Waals surface area contributed by atoms with E-state index >= 15 is 0 Å². The van der Waals surface area contributed by atoms with Crippen LogP contribution in [0.3, 0.4) is 0 Å². The molecule has 0 aliphatic heterocycles. The fourth-order valence-electron chi connectivity index (χ4n) is 3.02. The number of Topliss-reactive ketones (excluding diaryl/α,β-unsaturated/α-hetero) is 1. The third-order valence-electron chi connectivity index (χ3n) is 4.03. The van der Waals surface area contributed by atoms with E-state index in [1.807, 2.05) is 6.20 Å². The minimum absolute atomic E-state index is 0.306. The first-order valence-corrected chi connectivity index (χ1v) is 7.86. The Morgan fingerprint density at radius 3 is 2.95 bits per heavy atom. The first-order chi connectivity index (χ1) is 9.81. The van der Waals surface area contributed by atoms with E-state index in [0.29, 0.717) is 12.2 Å². The quantitative estimate of drug-likeness (QED) is 0.687. The Morgan fingerprint density at radius 2 is 2.05 bits per heavy atom. The number of carbonyl (C=O) groups is 1. The number of benzene rings is 1. The first-order valence-electron chi connectivity index (χ1n) is 6.98. The molecule has 0 radical (unpaired) electrons. The molecule has 0 fully saturated rings. The molecule has 2 heterocycles. The summed E-state index contributed by atoms with van der Waals surface area (Å²) in [5, 5.41) is 3.56. The lowest BCUT2D eigenvalue weighted by Gasteiger charge is -2.07. The van der Waals surface area contributed by atoms with E-state index < -0.39 is 0 Å². The van der Waals surface area contributed by atoms with Crippen molar-refractivity contribution in [2.24, 2.45) is 0 Å². The van der Waals surface area contributed by atoms with Crippen molar-refractivity contribution >= 4 is 27.2 Å². The summed E-state index contributed by atoms with van der Waals surface area (Å²) in [6, 6.07) is 8.50. The van der Waals surface area contributed by atoms with Gasteiger partial charge in [0.25, 0.3) is 0 Å². The number of fused-ring (bicyclic) bond motifs is 2. The minimum atomic E-state index is 0.306. The zero-order valence-electron chi connectivity index (χ0n) is 11.1. The predicted octanol–water partition coefficient (Wildman–Crippen LogP) is 4.27. The summed E-state index contributed by atoms with van der Waals surface area (Å²) in [5.74, 6) is 0.306. The predicted molar refractivity (Wildman–Crippen MR) is 82.6 cm³/mol. The lowest BCUT2D eigenvalue weighted by Crippen LogP contribution is -2.07. The van der Waals surface area contributed by atoms with Crippen LogP contribution in [0.4, 0.5) is 0 Å². The zero-order valence-corrected chi connectivity index (χ0v) is 12.0. The van der Waals surface area contributed by atoms with E-state index in [9.17, 15) is 4.79 Å². The summed E-state index contributed by atoms with van der Waals surface area (Å²) in [6.45, 7) is 0.851. The fourth-order valence-corrected chi connectivity index (χ4v) is 3.98. The third-order valence-corrected chi connectivity index (χ3v) is 5.04. The fraction of sp³-hybridized carbons (Fsp3) is 0.235. The van der Waals surface area contributed by atoms with Crippen molar-refractivity contribution in [1.82, 2.24) is 4.57 Å². The molecule has 3 aromatic rings. The highest BCUT2D eigenvalue weighted by Gasteiger charge is 2.19. The summed E-state index contributed by atoms with van der Waals surface area (Å²) < 4.78 is 3.50. The SMILES string of the molecule is O=C1CCCc2cn(Cc3csc4ccccc34)cc21. The van der Waals surface area contributed by atoms with Crippen LogP contribution in [-0.2, 0) is 13.0 Å². The molecule has 1 aromatic carbocycles. The van der Waals surface area contributed by atoms with Gasteiger partial charge >= 0.3 is 0 Å². The van der Waals surface area contributed by atoms with Crippen molar-refractivity contribution in [3.8, 4) is 0 Å². The van der Waals surface area contributed by atoms with Gasteiger partial charge in [-0.15, -0.1) is 11.3 Å². The van der Waals surface area contributed by atoms with Gasteiger partial charge in [-0.25, -0.2) is 0 Å². The standard InChI is InChI=1S/C17H15NOS/c19-16-6-3-4-12-8-18(10-15(12)16)9-13-11-20-17-7-2-1-5-14(13)17/h1-2,5,7-8,10-11H,3-4,6,9H2. The van der Waals surface area contributed by atoms with Gasteiger partial charge in [0.1, 0.15) is 0 Å². The summed E-state index contributed by atoms with van der Waals surface area (Å²) in [6.07, 6.45) is 6.93. The highest BCUT2D eigenvalue weighted by atomic mass is 32.1. The monoisotopic (exact) mass is 281 g/mol. The average Bonchev–Trinajstić information content (AvgIpc) is 3.05. The van der Waals surface area contributed by atoms with Crippen LogP contribution >= 0.6 is 11.3 Å². The van der Waals surface area contributed by atoms with E-state index in [1.54, 1.807) is 11.3 Å². The van der Waals surface area contributed by atoms with Crippen LogP contribution in [0, 0.1) is 0 Å². The van der Waals surface area contributed by atoms with Crippen LogP contribution in [0.5, 0.6) is 0 Å². The van der Waals surface area contributed by atoms with Crippen LogP contribution in [-0.4, -0.2) is 10.4 Å². The maximum absolute atomic E-state index is 11.9. The van der Waals surface area contributed by atoms with Gasteiger partial charge in [0.15, 0.2) is 5.78 Å². The first kappa shape index (κ1) is 11.9. The second-order valence-electron chi connectivity index (χ2n) is 5.40. The molecule has 3 heteroatoms. The molecule has 20 heavy (non-hydrogen) atoms. The van der Waals surface area contributed by atoms with E-state index in [-0.39, 0.29) is 0 Å². The lowest BCUT2D eigenvalue weighted by atomic mass is 9.95. The van der Waals surface area contributed by atoms with Gasteiger partial charge in [-0.2, -0.15) is 0 Å². The Kier molecular flexibility index (Phi) is 2.74. The highest BCUT2D eigenvalue weighted by Crippen LogP contribution is 2.28. The van der Waals surface area contributed by atoms with Crippen molar-refractivity contribution in [3.63, 3.8) is 0 Å². The molecule has 0 amide bonds. The normalized spacial score (nSPS) is 14.7. The van der Waals surface area contributed by atoms with Gasteiger partial charge in [-0.3, -0.25) is 4.79 Å². The Bertz CT molecular complexity index is 796. The van der Waals surface area contributed by atoms with Crippen LogP contribution in [0.15, 0.2) is 42.0 Å². The lowest BCUT2D eigenvalue weighted by molar-refractivity contribution is 0.0973. The number of thiophene rings is 1. The maximum Gasteiger partial charge on any atom is 0.164 e. The van der Waals surface area contributed by atoms with Crippen molar-refractivity contribution in [2.45, 2.75) is 25.8 Å². The molecule has 0 spiro atoms. The summed E-state index contributed by atoms with van der Waals surface area (Å²) in [5.41, 5.74) is 3.50. The zero-order chi connectivity index (χ0) is 13.5. The second-order valence-corrected chi connectivity index (χ2v) is 6.31. The molecular formula is C17H15NOS. The number of hydrogen-bond acceptors (Lipinski definition) is 2. The van der Waals surface area contributed by atoms with Crippen LogP contribution < -0.4 is 0 Å². The van der Waals surface area contributed by atoms with Gasteiger partial charge in [0.05, 0.1) is 0 Å². The molecule has 0 saturated carbocycles. The Hall–Kier alpha value is -1.87. The highest BCUT2D eigenvalue weighted by molar-refractivity contribution is 7.17. The van der Waals surface area contributed by atoms with Crippen molar-refractivity contribution in [3.05, 3.63) is 58.7 Å². The summed E-state index contributed by atoms with van der Waals surface area (Å²) >= 11 is 1.79. The van der Waals surface area contributed by atoms with Crippen LogP contribution in [0.2, 0.25) is 0 Å². The van der Waals surface area contributed by atoms with Crippen molar-refractivity contribution in [2.75, 3.05) is 0 Å². The number of carbonyl (C=O) groups excluding carboxylic acids is 1. The molecule has 0 saturated heterocycles. The largest absolute Gasteiger partial charge is 0.349 e. The Morgan fingerprint density at radius 1 is 1.15 bits per heavy atom. The average molecular weight is 281 g/mol. The molecule has 2 nitrogen and oxygen atoms in total. The molecule has 0 atom stereocenters. The number of hydrogen-bond donors (Lipinski definition) is 0. The molecular weight excluding hydrogens is 266 g/mol. The minimum Gasteiger partial charge on any atom is -0.349 e. The maximum atomic E-state index is 11.9. The van der Waals surface area contributed by atoms with Gasteiger partial charge < -0.3 is 4.57 Å². The molecule has 0 bridgehead atoms. The van der Waals surface area contributed by atoms with Crippen molar-refractivity contribution in [1.29, 1.82) is 0 Å². The molecule has 1 aliphatic rings. The van der Waals surface area contributed by atoms with Crippen LogP contribution in [0.1, 0.15) is 34.3 Å². The molecule has 0 N–H and O–H groups in total. The number of ketones is 1. The summed E-state index contributed by atoms with van der Waals surface area (Å²) in [7, 11) is 0. The molecule has 2 aromatic heterocycles. The number of rotatable bonds is 2. The third kappa shape index (κ3) is 1.90. The van der Waals surface area contributed by atoms with E-state index in [2.05, 4.69) is 40.4 Å². The Labute approximate surface area is 121 Å². The molecule has 1 aliphatic carbocycles. The van der Waals surface area contributed by atoms with E-state index in [4.69, 9.17) is 0 Å². The van der Waals surface area contributed by atoms with E-state index in [1.165, 1.54) is 21.2 Å². The summed E-state index contributed by atoms with van der Waals surface area (Å²) in [4.78, 5) is 11.9. The number of aromatic nitrogens is 1. The van der Waals surface area contributed by atoms with Gasteiger partial charge in [0, 0.05) is 35.6 Å². The van der Waals surface area contributed by atoms with Crippen molar-refractivity contribution < 1.29 is 4.79 Å². The topological polar surface area (TPSA) is 22.0 Å². The van der Waals surface area contributed by atoms with E-state index in [0.717, 1.165) is 24.9 Å². The van der Waals surface area contributed by atoms with Gasteiger partial charge in [-0.1, -0.05) is 18.2 Å². The smallest absolute Gasteiger partial charge is 0.164 e. The molecule has 100 valence electrons. The van der Waals surface area contributed by atoms with Gasteiger partial charge in [-0.05, 0) is 40.8 Å². The Balaban J connectivity index is 1.71. The second kappa shape index (κ2) is 4.60. The molecule has 4 rings (SSSR count). The molecule has 0 unspecified atom stereocenters. The van der Waals surface area contributed by atoms with Gasteiger partial charge in [0.2, 0.25) is 0 Å². The number of aryl methyl sites for hydroxylation is 1.